The van der Waals surface area contributed by atoms with Crippen LogP contribution in [0.4, 0.5) is 5.69 Å². The summed E-state index contributed by atoms with van der Waals surface area (Å²) in [6, 6.07) is 12.9. The molecule has 1 N–H and O–H groups in total. The van der Waals surface area contributed by atoms with Crippen molar-refractivity contribution in [3.05, 3.63) is 64.8 Å². The van der Waals surface area contributed by atoms with Crippen LogP contribution in [0.15, 0.2) is 42.5 Å². The number of nitrogens with one attached hydrogen (secondary N) is 1. The Morgan fingerprint density at radius 1 is 0.964 bits per heavy atom. The minimum absolute atomic E-state index is 0.128. The molecule has 0 aliphatic carbocycles. The molecule has 0 aliphatic rings. The Morgan fingerprint density at radius 2 is 1.68 bits per heavy atom. The van der Waals surface area contributed by atoms with Crippen LogP contribution >= 0.6 is 0 Å². The maximum atomic E-state index is 12.3. The van der Waals surface area contributed by atoms with Crippen LogP contribution in [0.3, 0.4) is 0 Å². The van der Waals surface area contributed by atoms with Gasteiger partial charge in [-0.25, -0.2) is 9.78 Å². The molecule has 0 saturated heterocycles. The summed E-state index contributed by atoms with van der Waals surface area (Å²) in [5, 5.41) is 3.56. The fraction of sp³-hybridized carbons (Fsp3) is 0.227. The van der Waals surface area contributed by atoms with Crippen molar-refractivity contribution in [3.63, 3.8) is 0 Å². The largest absolute Gasteiger partial charge is 0.483 e. The van der Waals surface area contributed by atoms with E-state index in [1.807, 2.05) is 51.1 Å². The number of hydrogen-bond donors (Lipinski definition) is 1. The van der Waals surface area contributed by atoms with Crippen molar-refractivity contribution in [1.82, 2.24) is 4.98 Å². The van der Waals surface area contributed by atoms with E-state index in [0.717, 1.165) is 27.8 Å². The molecule has 0 saturated carbocycles. The zero-order valence-corrected chi connectivity index (χ0v) is 16.3. The smallest absolute Gasteiger partial charge is 0.356 e. The summed E-state index contributed by atoms with van der Waals surface area (Å²) >= 11 is 0. The quantitative estimate of drug-likeness (QED) is 0.680. The number of anilines is 1. The molecule has 28 heavy (non-hydrogen) atoms. The fourth-order valence-corrected chi connectivity index (χ4v) is 3.02. The highest BCUT2D eigenvalue weighted by molar-refractivity contribution is 5.95. The Balaban J connectivity index is 1.83. The van der Waals surface area contributed by atoms with Crippen LogP contribution in [0.1, 0.15) is 27.2 Å². The molecule has 0 unspecified atom stereocenters. The molecule has 0 radical (unpaired) electrons. The molecule has 1 heterocycles. The van der Waals surface area contributed by atoms with Gasteiger partial charge in [0.2, 0.25) is 0 Å². The van der Waals surface area contributed by atoms with Gasteiger partial charge in [-0.3, -0.25) is 4.79 Å². The monoisotopic (exact) mass is 378 g/mol. The second kappa shape index (κ2) is 8.08. The van der Waals surface area contributed by atoms with Gasteiger partial charge in [0.15, 0.2) is 12.3 Å². The molecule has 0 atom stereocenters. The Morgan fingerprint density at radius 3 is 2.36 bits per heavy atom. The standard InChI is InChI=1S/C22H22N2O4/c1-13-5-6-18-17(10-13)20(11-19(24-18)22(26)27-4)28-12-21(25)23-16-8-14(2)7-15(3)9-16/h5-11H,12H2,1-4H3,(H,23,25). The van der Waals surface area contributed by atoms with Gasteiger partial charge in [0.1, 0.15) is 5.75 Å². The minimum Gasteiger partial charge on any atom is -0.483 e. The molecule has 1 amide bonds. The molecule has 2 aromatic carbocycles. The van der Waals surface area contributed by atoms with Gasteiger partial charge in [-0.1, -0.05) is 17.7 Å². The van der Waals surface area contributed by atoms with Crippen molar-refractivity contribution in [2.24, 2.45) is 0 Å². The van der Waals surface area contributed by atoms with Crippen molar-refractivity contribution < 1.29 is 19.1 Å². The fourth-order valence-electron chi connectivity index (χ4n) is 3.02. The van der Waals surface area contributed by atoms with Gasteiger partial charge in [0.25, 0.3) is 5.91 Å². The lowest BCUT2D eigenvalue weighted by Gasteiger charge is -2.12. The maximum Gasteiger partial charge on any atom is 0.356 e. The van der Waals surface area contributed by atoms with Crippen LogP contribution in [0.5, 0.6) is 5.75 Å². The Hall–Kier alpha value is -3.41. The van der Waals surface area contributed by atoms with Crippen molar-refractivity contribution in [3.8, 4) is 5.75 Å². The topological polar surface area (TPSA) is 77.5 Å². The van der Waals surface area contributed by atoms with E-state index in [-0.39, 0.29) is 18.2 Å². The molecule has 6 heteroatoms. The van der Waals surface area contributed by atoms with Gasteiger partial charge >= 0.3 is 5.97 Å². The van der Waals surface area contributed by atoms with E-state index in [2.05, 4.69) is 10.3 Å². The lowest BCUT2D eigenvalue weighted by Crippen LogP contribution is -2.20. The van der Waals surface area contributed by atoms with E-state index in [4.69, 9.17) is 9.47 Å². The van der Waals surface area contributed by atoms with E-state index in [1.54, 1.807) is 6.07 Å². The predicted octanol–water partition coefficient (Wildman–Crippen LogP) is 3.96. The predicted molar refractivity (Wildman–Crippen MR) is 108 cm³/mol. The number of esters is 1. The van der Waals surface area contributed by atoms with Crippen molar-refractivity contribution in [2.75, 3.05) is 19.0 Å². The number of carbonyl (C=O) groups is 2. The van der Waals surface area contributed by atoms with Crippen LogP contribution < -0.4 is 10.1 Å². The molecule has 0 aliphatic heterocycles. The number of nitrogens with zero attached hydrogens (tertiary/aromatic N) is 1. The number of rotatable bonds is 5. The number of aryl methyl sites for hydroxylation is 3. The third-order valence-corrected chi connectivity index (χ3v) is 4.18. The van der Waals surface area contributed by atoms with Gasteiger partial charge in [0.05, 0.1) is 12.6 Å². The van der Waals surface area contributed by atoms with Crippen LogP contribution in [-0.2, 0) is 9.53 Å². The van der Waals surface area contributed by atoms with Gasteiger partial charge in [-0.05, 0) is 56.2 Å². The van der Waals surface area contributed by atoms with E-state index in [0.29, 0.717) is 11.3 Å². The lowest BCUT2D eigenvalue weighted by molar-refractivity contribution is -0.118. The Kier molecular flexibility index (Phi) is 5.59. The van der Waals surface area contributed by atoms with Crippen molar-refractivity contribution >= 4 is 28.5 Å². The Labute approximate surface area is 163 Å². The van der Waals surface area contributed by atoms with E-state index in [1.165, 1.54) is 13.2 Å². The summed E-state index contributed by atoms with van der Waals surface area (Å²) in [4.78, 5) is 28.5. The molecule has 6 nitrogen and oxygen atoms in total. The number of aromatic nitrogens is 1. The maximum absolute atomic E-state index is 12.3. The third kappa shape index (κ3) is 4.46. The molecule has 0 fully saturated rings. The number of benzene rings is 2. The average Bonchev–Trinajstić information content (AvgIpc) is 2.64. The van der Waals surface area contributed by atoms with E-state index in [9.17, 15) is 9.59 Å². The normalized spacial score (nSPS) is 10.6. The van der Waals surface area contributed by atoms with Crippen molar-refractivity contribution in [2.45, 2.75) is 20.8 Å². The zero-order valence-electron chi connectivity index (χ0n) is 16.3. The zero-order chi connectivity index (χ0) is 20.3. The SMILES string of the molecule is COC(=O)c1cc(OCC(=O)Nc2cc(C)cc(C)c2)c2cc(C)ccc2n1. The number of amides is 1. The second-order valence-electron chi connectivity index (χ2n) is 6.73. The number of methoxy groups -OCH3 is 1. The van der Waals surface area contributed by atoms with E-state index >= 15 is 0 Å². The minimum atomic E-state index is -0.563. The summed E-state index contributed by atoms with van der Waals surface area (Å²) in [5.74, 6) is -0.445. The van der Waals surface area contributed by atoms with Crippen molar-refractivity contribution in [1.29, 1.82) is 0 Å². The third-order valence-electron chi connectivity index (χ3n) is 4.18. The summed E-state index contributed by atoms with van der Waals surface area (Å²) in [6.45, 7) is 5.70. The van der Waals surface area contributed by atoms with Gasteiger partial charge < -0.3 is 14.8 Å². The highest BCUT2D eigenvalue weighted by atomic mass is 16.5. The van der Waals surface area contributed by atoms with Gasteiger partial charge in [0, 0.05) is 17.1 Å². The first-order valence-corrected chi connectivity index (χ1v) is 8.86. The molecular weight excluding hydrogens is 356 g/mol. The molecule has 144 valence electrons. The number of pyridine rings is 1. The highest BCUT2D eigenvalue weighted by Crippen LogP contribution is 2.27. The van der Waals surface area contributed by atoms with E-state index < -0.39 is 5.97 Å². The van der Waals surface area contributed by atoms with Crippen LogP contribution in [0, 0.1) is 20.8 Å². The molecule has 0 spiro atoms. The first kappa shape index (κ1) is 19.4. The number of carbonyl (C=O) groups excluding carboxylic acids is 2. The molecule has 0 bridgehead atoms. The molecule has 1 aromatic heterocycles. The van der Waals surface area contributed by atoms with Crippen LogP contribution in [0.25, 0.3) is 10.9 Å². The number of ether oxygens (including phenoxy) is 2. The summed E-state index contributed by atoms with van der Waals surface area (Å²) in [6.07, 6.45) is 0. The summed E-state index contributed by atoms with van der Waals surface area (Å²) < 4.78 is 10.5. The Bertz CT molecular complexity index is 1040. The van der Waals surface area contributed by atoms with Crippen LogP contribution in [0.2, 0.25) is 0 Å². The number of fused-ring (bicyclic) bond motifs is 1. The molecular formula is C22H22N2O4. The summed E-state index contributed by atoms with van der Waals surface area (Å²) in [5.41, 5.74) is 4.59. The van der Waals surface area contributed by atoms with Gasteiger partial charge in [-0.15, -0.1) is 0 Å². The lowest BCUT2D eigenvalue weighted by atomic mass is 10.1. The summed E-state index contributed by atoms with van der Waals surface area (Å²) in [7, 11) is 1.29. The van der Waals surface area contributed by atoms with Crippen LogP contribution in [-0.4, -0.2) is 30.6 Å². The molecule has 3 aromatic rings. The average molecular weight is 378 g/mol. The first-order chi connectivity index (χ1) is 13.4. The first-order valence-electron chi connectivity index (χ1n) is 8.86. The van der Waals surface area contributed by atoms with Gasteiger partial charge in [-0.2, -0.15) is 0 Å². The highest BCUT2D eigenvalue weighted by Gasteiger charge is 2.15. The molecule has 3 rings (SSSR count). The second-order valence-corrected chi connectivity index (χ2v) is 6.73. The number of hydrogen-bond acceptors (Lipinski definition) is 5.